The van der Waals surface area contributed by atoms with E-state index in [-0.39, 0.29) is 0 Å². The fourth-order valence-electron chi connectivity index (χ4n) is 4.00. The maximum Gasteiger partial charge on any atom is 0.301 e. The molecule has 3 N–H and O–H groups in total. The minimum atomic E-state index is -3.57. The van der Waals surface area contributed by atoms with Crippen LogP contribution in [-0.2, 0) is 5.92 Å². The zero-order valence-electron chi connectivity index (χ0n) is 20.5. The molecule has 38 heavy (non-hydrogen) atoms. The molecule has 0 saturated carbocycles. The number of alkyl halides is 3. The van der Waals surface area contributed by atoms with Crippen molar-refractivity contribution in [1.82, 2.24) is 24.9 Å². The standard InChI is InChI=1S/C27H23F3N8/c1-16-8-9-20-24(35-15-36-26(20)37-18-6-3-5-17(11-18)27(29,30)13-28)23(16)38-25-19(7-4-10-32-25)21-12-22(31-2)34-14-33-21/h3-12,14-15H,13H2,1-2H3,(H,32,38)(H,31,33,34)(H,35,36,37). The number of benzene rings is 2. The van der Waals surface area contributed by atoms with E-state index in [1.54, 1.807) is 19.3 Å². The van der Waals surface area contributed by atoms with E-state index in [0.29, 0.717) is 45.4 Å². The Bertz CT molecular complexity index is 1610. The number of aromatic nitrogens is 5. The summed E-state index contributed by atoms with van der Waals surface area (Å²) in [4.78, 5) is 21.9. The molecule has 0 atom stereocenters. The molecule has 0 fully saturated rings. The Kier molecular flexibility index (Phi) is 6.73. The van der Waals surface area contributed by atoms with Gasteiger partial charge in [-0.1, -0.05) is 18.2 Å². The number of halogens is 3. The van der Waals surface area contributed by atoms with Gasteiger partial charge in [0.25, 0.3) is 0 Å². The Morgan fingerprint density at radius 3 is 2.50 bits per heavy atom. The van der Waals surface area contributed by atoms with E-state index >= 15 is 0 Å². The van der Waals surface area contributed by atoms with Crippen molar-refractivity contribution in [1.29, 1.82) is 0 Å². The second kappa shape index (κ2) is 10.3. The van der Waals surface area contributed by atoms with Crippen LogP contribution < -0.4 is 16.0 Å². The average molecular weight is 517 g/mol. The molecular formula is C27H23F3N8. The largest absolute Gasteiger partial charge is 0.373 e. The number of anilines is 5. The van der Waals surface area contributed by atoms with Crippen molar-refractivity contribution in [2.24, 2.45) is 0 Å². The highest BCUT2D eigenvalue weighted by Gasteiger charge is 2.31. The van der Waals surface area contributed by atoms with Gasteiger partial charge in [-0.2, -0.15) is 8.78 Å². The molecule has 0 bridgehead atoms. The third-order valence-electron chi connectivity index (χ3n) is 5.98. The Hall–Kier alpha value is -4.80. The molecular weight excluding hydrogens is 493 g/mol. The van der Waals surface area contributed by atoms with E-state index in [9.17, 15) is 13.2 Å². The van der Waals surface area contributed by atoms with Crippen molar-refractivity contribution in [3.8, 4) is 11.3 Å². The fraction of sp³-hybridized carbons (Fsp3) is 0.148. The zero-order chi connectivity index (χ0) is 26.7. The number of nitrogens with zero attached hydrogens (tertiary/aromatic N) is 5. The summed E-state index contributed by atoms with van der Waals surface area (Å²) in [5.41, 5.74) is 3.58. The van der Waals surface area contributed by atoms with E-state index in [0.717, 1.165) is 11.1 Å². The van der Waals surface area contributed by atoms with Gasteiger partial charge in [0.15, 0.2) is 6.67 Å². The van der Waals surface area contributed by atoms with Crippen LogP contribution in [0.15, 0.2) is 73.4 Å². The van der Waals surface area contributed by atoms with E-state index in [1.807, 2.05) is 37.3 Å². The number of rotatable bonds is 8. The van der Waals surface area contributed by atoms with Crippen molar-refractivity contribution in [3.63, 3.8) is 0 Å². The van der Waals surface area contributed by atoms with Crippen molar-refractivity contribution in [3.05, 3.63) is 84.6 Å². The summed E-state index contributed by atoms with van der Waals surface area (Å²) in [6, 6.07) is 14.8. The van der Waals surface area contributed by atoms with E-state index in [2.05, 4.69) is 40.9 Å². The second-order valence-corrected chi connectivity index (χ2v) is 8.48. The molecule has 2 aromatic carbocycles. The molecule has 11 heteroatoms. The van der Waals surface area contributed by atoms with Gasteiger partial charge in [0.1, 0.15) is 30.1 Å². The van der Waals surface area contributed by atoms with Crippen LogP contribution in [0.2, 0.25) is 0 Å². The number of fused-ring (bicyclic) bond motifs is 1. The van der Waals surface area contributed by atoms with Crippen LogP contribution in [-0.4, -0.2) is 38.6 Å². The number of aryl methyl sites for hydroxylation is 1. The van der Waals surface area contributed by atoms with Gasteiger partial charge in [0.05, 0.1) is 16.9 Å². The van der Waals surface area contributed by atoms with Gasteiger partial charge in [-0.25, -0.2) is 29.3 Å². The first-order valence-corrected chi connectivity index (χ1v) is 11.7. The lowest BCUT2D eigenvalue weighted by Crippen LogP contribution is -2.15. The van der Waals surface area contributed by atoms with E-state index < -0.39 is 18.2 Å². The van der Waals surface area contributed by atoms with Crippen LogP contribution in [0, 0.1) is 6.92 Å². The second-order valence-electron chi connectivity index (χ2n) is 8.48. The topological polar surface area (TPSA) is 101 Å². The molecule has 192 valence electrons. The molecule has 8 nitrogen and oxygen atoms in total. The number of hydrogen-bond donors (Lipinski definition) is 3. The Morgan fingerprint density at radius 2 is 1.68 bits per heavy atom. The van der Waals surface area contributed by atoms with Crippen LogP contribution >= 0.6 is 0 Å². The molecule has 5 aromatic rings. The lowest BCUT2D eigenvalue weighted by atomic mass is 10.1. The Balaban J connectivity index is 1.54. The smallest absolute Gasteiger partial charge is 0.301 e. The predicted molar refractivity (Wildman–Crippen MR) is 142 cm³/mol. The van der Waals surface area contributed by atoms with Crippen molar-refractivity contribution < 1.29 is 13.2 Å². The molecule has 3 aromatic heterocycles. The van der Waals surface area contributed by atoms with Crippen LogP contribution in [0.5, 0.6) is 0 Å². The quantitative estimate of drug-likeness (QED) is 0.218. The molecule has 0 aliphatic heterocycles. The summed E-state index contributed by atoms with van der Waals surface area (Å²) < 4.78 is 40.7. The summed E-state index contributed by atoms with van der Waals surface area (Å²) in [5.74, 6) is -1.92. The first-order chi connectivity index (χ1) is 18.4. The van der Waals surface area contributed by atoms with Gasteiger partial charge in [-0.15, -0.1) is 0 Å². The summed E-state index contributed by atoms with van der Waals surface area (Å²) in [5, 5.41) is 10.1. The number of hydrogen-bond acceptors (Lipinski definition) is 8. The van der Waals surface area contributed by atoms with Crippen LogP contribution in [0.4, 0.5) is 42.0 Å². The predicted octanol–water partition coefficient (Wildman–Crippen LogP) is 6.38. The summed E-state index contributed by atoms with van der Waals surface area (Å²) in [7, 11) is 1.78. The maximum absolute atomic E-state index is 13.9. The Morgan fingerprint density at radius 1 is 0.842 bits per heavy atom. The van der Waals surface area contributed by atoms with E-state index in [4.69, 9.17) is 0 Å². The molecule has 0 amide bonds. The summed E-state index contributed by atoms with van der Waals surface area (Å²) in [6.45, 7) is 0.161. The van der Waals surface area contributed by atoms with Gasteiger partial charge < -0.3 is 16.0 Å². The highest BCUT2D eigenvalue weighted by molar-refractivity contribution is 6.00. The molecule has 0 unspecified atom stereocenters. The van der Waals surface area contributed by atoms with Gasteiger partial charge in [0.2, 0.25) is 0 Å². The molecule has 0 radical (unpaired) electrons. The van der Waals surface area contributed by atoms with Gasteiger partial charge in [-0.05, 0) is 42.8 Å². The average Bonchev–Trinajstić information content (AvgIpc) is 2.95. The molecule has 0 aliphatic carbocycles. The highest BCUT2D eigenvalue weighted by atomic mass is 19.3. The van der Waals surface area contributed by atoms with Crippen LogP contribution in [0.3, 0.4) is 0 Å². The van der Waals surface area contributed by atoms with Crippen molar-refractivity contribution in [2.75, 3.05) is 29.7 Å². The fourth-order valence-corrected chi connectivity index (χ4v) is 4.00. The third kappa shape index (κ3) is 4.90. The van der Waals surface area contributed by atoms with Crippen LogP contribution in [0.25, 0.3) is 22.2 Å². The molecule has 3 heterocycles. The summed E-state index contributed by atoms with van der Waals surface area (Å²) >= 11 is 0. The van der Waals surface area contributed by atoms with Gasteiger partial charge in [-0.3, -0.25) is 0 Å². The first kappa shape index (κ1) is 24.9. The van der Waals surface area contributed by atoms with Crippen molar-refractivity contribution >= 4 is 39.7 Å². The minimum Gasteiger partial charge on any atom is -0.373 e. The van der Waals surface area contributed by atoms with E-state index in [1.165, 1.54) is 30.9 Å². The SMILES string of the molecule is CNc1cc(-c2cccnc2Nc2c(C)ccc3c(Nc4cccc(C(F)(F)CF)c4)ncnc23)ncn1. The monoisotopic (exact) mass is 516 g/mol. The number of pyridine rings is 1. The highest BCUT2D eigenvalue weighted by Crippen LogP contribution is 2.36. The molecule has 0 saturated heterocycles. The summed E-state index contributed by atoms with van der Waals surface area (Å²) in [6.07, 6.45) is 4.54. The van der Waals surface area contributed by atoms with Crippen LogP contribution in [0.1, 0.15) is 11.1 Å². The Labute approximate surface area is 216 Å². The van der Waals surface area contributed by atoms with Gasteiger partial charge >= 0.3 is 5.92 Å². The third-order valence-corrected chi connectivity index (χ3v) is 5.98. The number of nitrogens with one attached hydrogen (secondary N) is 3. The maximum atomic E-state index is 13.9. The molecule has 0 spiro atoms. The zero-order valence-corrected chi connectivity index (χ0v) is 20.5. The molecule has 5 rings (SSSR count). The van der Waals surface area contributed by atoms with Gasteiger partial charge in [0, 0.05) is 41.5 Å². The lowest BCUT2D eigenvalue weighted by Gasteiger charge is -2.17. The first-order valence-electron chi connectivity index (χ1n) is 11.7. The lowest BCUT2D eigenvalue weighted by molar-refractivity contribution is -0.0280. The molecule has 0 aliphatic rings. The normalized spacial score (nSPS) is 11.4. The minimum absolute atomic E-state index is 0.349. The van der Waals surface area contributed by atoms with Crippen molar-refractivity contribution in [2.45, 2.75) is 12.8 Å².